The lowest BCUT2D eigenvalue weighted by atomic mass is 9.62. The summed E-state index contributed by atoms with van der Waals surface area (Å²) in [5.41, 5.74) is 2.79. The Bertz CT molecular complexity index is 558. The third-order valence-electron chi connectivity index (χ3n) is 6.36. The fourth-order valence-electron chi connectivity index (χ4n) is 5.12. The van der Waals surface area contributed by atoms with Crippen LogP contribution in [0.4, 0.5) is 0 Å². The molecule has 1 aromatic rings. The number of nitrogens with zero attached hydrogens (tertiary/aromatic N) is 1. The van der Waals surface area contributed by atoms with Gasteiger partial charge in [0.1, 0.15) is 5.75 Å². The number of hydrogen-bond acceptors (Lipinski definition) is 3. The molecule has 4 unspecified atom stereocenters. The summed E-state index contributed by atoms with van der Waals surface area (Å²) < 4.78 is 0. The van der Waals surface area contributed by atoms with Crippen LogP contribution in [0.3, 0.4) is 0 Å². The predicted octanol–water partition coefficient (Wildman–Crippen LogP) is 3.00. The maximum absolute atomic E-state index is 10.5. The molecule has 21 heavy (non-hydrogen) atoms. The molecule has 0 amide bonds. The number of rotatable bonds is 0. The number of aliphatic hydroxyl groups excluding tert-OH is 1. The van der Waals surface area contributed by atoms with Crippen LogP contribution in [0.25, 0.3) is 0 Å². The Morgan fingerprint density at radius 3 is 2.95 bits per heavy atom. The Balaban J connectivity index is 1.70. The Kier molecular flexibility index (Phi) is 3.05. The van der Waals surface area contributed by atoms with Crippen LogP contribution in [0.15, 0.2) is 18.2 Å². The minimum absolute atomic E-state index is 0.0726. The van der Waals surface area contributed by atoms with Gasteiger partial charge in [0.2, 0.25) is 0 Å². The zero-order chi connectivity index (χ0) is 14.6. The van der Waals surface area contributed by atoms with E-state index in [4.69, 9.17) is 0 Å². The lowest BCUT2D eigenvalue weighted by molar-refractivity contribution is -0.115. The smallest absolute Gasteiger partial charge is 0.115 e. The van der Waals surface area contributed by atoms with Crippen molar-refractivity contribution in [1.82, 2.24) is 4.90 Å². The van der Waals surface area contributed by atoms with Crippen molar-refractivity contribution in [2.75, 3.05) is 6.54 Å². The van der Waals surface area contributed by atoms with Crippen molar-refractivity contribution in [2.24, 2.45) is 5.41 Å². The Morgan fingerprint density at radius 1 is 1.24 bits per heavy atom. The molecule has 1 saturated heterocycles. The van der Waals surface area contributed by atoms with Crippen molar-refractivity contribution in [3.8, 4) is 5.75 Å². The molecular formula is C18H25NO2. The van der Waals surface area contributed by atoms with Crippen molar-refractivity contribution in [3.63, 3.8) is 0 Å². The first-order valence-electron chi connectivity index (χ1n) is 8.35. The molecule has 4 atom stereocenters. The maximum atomic E-state index is 10.5. The molecular weight excluding hydrogens is 262 g/mol. The highest BCUT2D eigenvalue weighted by Gasteiger charge is 2.51. The Labute approximate surface area is 126 Å². The first-order chi connectivity index (χ1) is 10.1. The average Bonchev–Trinajstić information content (AvgIpc) is 2.48. The van der Waals surface area contributed by atoms with Crippen LogP contribution < -0.4 is 0 Å². The van der Waals surface area contributed by atoms with E-state index < -0.39 is 0 Å². The maximum Gasteiger partial charge on any atom is 0.115 e. The molecule has 3 aliphatic rings. The normalized spacial score (nSPS) is 39.2. The standard InChI is InChI=1S/C18H25NO2/c1-18-9-7-15-14-6-5-13(20)11-12(14)8-10-19(15)16(18)3-2-4-17(18)21/h5-6,11,15-17,20-21H,2-4,7-10H2,1H3. The fraction of sp³-hybridized carbons (Fsp3) is 0.667. The molecule has 0 bridgehead atoms. The van der Waals surface area contributed by atoms with Crippen molar-refractivity contribution in [3.05, 3.63) is 29.3 Å². The van der Waals surface area contributed by atoms with Gasteiger partial charge in [-0.2, -0.15) is 0 Å². The largest absolute Gasteiger partial charge is 0.508 e. The number of aromatic hydroxyl groups is 1. The van der Waals surface area contributed by atoms with E-state index >= 15 is 0 Å². The quantitative estimate of drug-likeness (QED) is 0.771. The van der Waals surface area contributed by atoms with Crippen LogP contribution in [0.5, 0.6) is 5.75 Å². The van der Waals surface area contributed by atoms with Gasteiger partial charge in [0.05, 0.1) is 6.10 Å². The van der Waals surface area contributed by atoms with Crippen LogP contribution in [0.1, 0.15) is 56.2 Å². The summed E-state index contributed by atoms with van der Waals surface area (Å²) in [7, 11) is 0. The first kappa shape index (κ1) is 13.6. The fourth-order valence-corrected chi connectivity index (χ4v) is 5.12. The summed E-state index contributed by atoms with van der Waals surface area (Å²) in [4.78, 5) is 2.66. The van der Waals surface area contributed by atoms with Crippen molar-refractivity contribution in [2.45, 2.75) is 63.6 Å². The molecule has 1 saturated carbocycles. The summed E-state index contributed by atoms with van der Waals surface area (Å²) >= 11 is 0. The van der Waals surface area contributed by atoms with E-state index in [9.17, 15) is 10.2 Å². The second kappa shape index (κ2) is 4.72. The van der Waals surface area contributed by atoms with Gasteiger partial charge in [0.15, 0.2) is 0 Å². The second-order valence-corrected chi connectivity index (χ2v) is 7.39. The molecule has 2 N–H and O–H groups in total. The molecule has 3 heteroatoms. The highest BCUT2D eigenvalue weighted by Crippen LogP contribution is 2.52. The SMILES string of the molecule is CC12CCC3c4ccc(O)cc4CCN3C1CCCC2O. The molecule has 0 aromatic heterocycles. The van der Waals surface area contributed by atoms with Crippen LogP contribution in [-0.4, -0.2) is 33.8 Å². The third-order valence-corrected chi connectivity index (χ3v) is 6.36. The van der Waals surface area contributed by atoms with E-state index in [-0.39, 0.29) is 11.5 Å². The number of benzene rings is 1. The lowest BCUT2D eigenvalue weighted by Crippen LogP contribution is -2.60. The van der Waals surface area contributed by atoms with Gasteiger partial charge in [-0.15, -0.1) is 0 Å². The van der Waals surface area contributed by atoms with Gasteiger partial charge >= 0.3 is 0 Å². The number of piperidine rings is 1. The summed E-state index contributed by atoms with van der Waals surface area (Å²) in [5.74, 6) is 0.385. The second-order valence-electron chi connectivity index (χ2n) is 7.39. The van der Waals surface area contributed by atoms with E-state index in [2.05, 4.69) is 17.9 Å². The predicted molar refractivity (Wildman–Crippen MR) is 82.2 cm³/mol. The monoisotopic (exact) mass is 287 g/mol. The van der Waals surface area contributed by atoms with Crippen molar-refractivity contribution >= 4 is 0 Å². The molecule has 0 spiro atoms. The molecule has 114 valence electrons. The number of phenols is 1. The van der Waals surface area contributed by atoms with E-state index in [0.29, 0.717) is 17.8 Å². The summed E-state index contributed by atoms with van der Waals surface area (Å²) in [6.45, 7) is 3.36. The van der Waals surface area contributed by atoms with Gasteiger partial charge in [-0.3, -0.25) is 4.90 Å². The molecule has 3 nitrogen and oxygen atoms in total. The number of aliphatic hydroxyl groups is 1. The number of fused-ring (bicyclic) bond motifs is 5. The minimum atomic E-state index is -0.140. The molecule has 2 heterocycles. The highest BCUT2D eigenvalue weighted by molar-refractivity contribution is 5.39. The van der Waals surface area contributed by atoms with Gasteiger partial charge in [-0.05, 0) is 61.8 Å². The molecule has 2 fully saturated rings. The van der Waals surface area contributed by atoms with Crippen molar-refractivity contribution in [1.29, 1.82) is 0 Å². The van der Waals surface area contributed by atoms with Crippen molar-refractivity contribution < 1.29 is 10.2 Å². The minimum Gasteiger partial charge on any atom is -0.508 e. The van der Waals surface area contributed by atoms with Gasteiger partial charge in [-0.25, -0.2) is 0 Å². The van der Waals surface area contributed by atoms with Gasteiger partial charge in [0, 0.05) is 24.0 Å². The Hall–Kier alpha value is -1.06. The zero-order valence-corrected chi connectivity index (χ0v) is 12.8. The van der Waals surface area contributed by atoms with E-state index in [1.165, 1.54) is 17.5 Å². The average molecular weight is 287 g/mol. The zero-order valence-electron chi connectivity index (χ0n) is 12.8. The summed E-state index contributed by atoms with van der Waals surface area (Å²) in [6, 6.07) is 6.88. The summed E-state index contributed by atoms with van der Waals surface area (Å²) in [6.07, 6.45) is 6.45. The number of phenolic OH excluding ortho intramolecular Hbond substituents is 1. The van der Waals surface area contributed by atoms with E-state index in [1.807, 2.05) is 12.1 Å². The van der Waals surface area contributed by atoms with E-state index in [0.717, 1.165) is 38.6 Å². The van der Waals surface area contributed by atoms with E-state index in [1.54, 1.807) is 0 Å². The molecule has 0 radical (unpaired) electrons. The molecule has 1 aromatic carbocycles. The molecule has 2 aliphatic heterocycles. The van der Waals surface area contributed by atoms with Crippen LogP contribution in [0.2, 0.25) is 0 Å². The first-order valence-corrected chi connectivity index (χ1v) is 8.35. The lowest BCUT2D eigenvalue weighted by Gasteiger charge is -2.57. The van der Waals surface area contributed by atoms with Gasteiger partial charge < -0.3 is 10.2 Å². The molecule has 1 aliphatic carbocycles. The topological polar surface area (TPSA) is 43.7 Å². The van der Waals surface area contributed by atoms with Gasteiger partial charge in [0.25, 0.3) is 0 Å². The third kappa shape index (κ3) is 1.94. The number of hydrogen-bond donors (Lipinski definition) is 2. The van der Waals surface area contributed by atoms with Gasteiger partial charge in [-0.1, -0.05) is 13.0 Å². The molecule has 4 rings (SSSR count). The highest BCUT2D eigenvalue weighted by atomic mass is 16.3. The van der Waals surface area contributed by atoms with Crippen LogP contribution in [-0.2, 0) is 6.42 Å². The summed E-state index contributed by atoms with van der Waals surface area (Å²) in [5, 5.41) is 20.2. The Morgan fingerprint density at radius 2 is 2.10 bits per heavy atom. The van der Waals surface area contributed by atoms with Crippen LogP contribution >= 0.6 is 0 Å². The van der Waals surface area contributed by atoms with Crippen LogP contribution in [0, 0.1) is 5.41 Å².